The molecule has 3 aromatic carbocycles. The molecule has 0 aliphatic heterocycles. The van der Waals surface area contributed by atoms with E-state index in [1.807, 2.05) is 36.4 Å². The minimum Gasteiger partial charge on any atom is -0.508 e. The molecule has 4 nitrogen and oxygen atoms in total. The van der Waals surface area contributed by atoms with Crippen LogP contribution in [0.15, 0.2) is 54.6 Å². The van der Waals surface area contributed by atoms with E-state index < -0.39 is 5.97 Å². The summed E-state index contributed by atoms with van der Waals surface area (Å²) >= 11 is 0. The maximum atomic E-state index is 12.3. The minimum absolute atomic E-state index is 0.0953. The Labute approximate surface area is 139 Å². The minimum atomic E-state index is -0.419. The third-order valence-electron chi connectivity index (χ3n) is 3.99. The molecule has 24 heavy (non-hydrogen) atoms. The van der Waals surface area contributed by atoms with Crippen molar-refractivity contribution in [3.05, 3.63) is 76.9 Å². The predicted octanol–water partition coefficient (Wildman–Crippen LogP) is 3.79. The Bertz CT molecular complexity index is 970. The van der Waals surface area contributed by atoms with Gasteiger partial charge >= 0.3 is 5.97 Å². The first kappa shape index (κ1) is 15.6. The van der Waals surface area contributed by atoms with Crippen LogP contribution in [-0.2, 0) is 11.2 Å². The Kier molecular flexibility index (Phi) is 4.17. The predicted molar refractivity (Wildman–Crippen MR) is 90.9 cm³/mol. The van der Waals surface area contributed by atoms with Gasteiger partial charge in [0.1, 0.15) is 5.75 Å². The van der Waals surface area contributed by atoms with Gasteiger partial charge < -0.3 is 9.84 Å². The molecule has 0 heterocycles. The number of esters is 1. The van der Waals surface area contributed by atoms with Gasteiger partial charge in [0.05, 0.1) is 24.3 Å². The second-order valence-corrected chi connectivity index (χ2v) is 5.44. The van der Waals surface area contributed by atoms with Crippen molar-refractivity contribution in [1.82, 2.24) is 0 Å². The van der Waals surface area contributed by atoms with E-state index in [9.17, 15) is 9.90 Å². The van der Waals surface area contributed by atoms with Gasteiger partial charge in [0, 0.05) is 6.42 Å². The fourth-order valence-corrected chi connectivity index (χ4v) is 2.81. The van der Waals surface area contributed by atoms with Gasteiger partial charge in [-0.25, -0.2) is 4.79 Å². The summed E-state index contributed by atoms with van der Waals surface area (Å²) in [5, 5.41) is 20.8. The van der Waals surface area contributed by atoms with Gasteiger partial charge in [0.2, 0.25) is 0 Å². The monoisotopic (exact) mass is 317 g/mol. The number of hydrogen-bond acceptors (Lipinski definition) is 4. The lowest BCUT2D eigenvalue weighted by molar-refractivity contribution is 0.0602. The van der Waals surface area contributed by atoms with Crippen LogP contribution in [0.2, 0.25) is 0 Å². The Hall–Kier alpha value is -3.32. The molecule has 3 aromatic rings. The molecule has 118 valence electrons. The maximum Gasteiger partial charge on any atom is 0.338 e. The van der Waals surface area contributed by atoms with Crippen molar-refractivity contribution in [2.45, 2.75) is 6.42 Å². The van der Waals surface area contributed by atoms with Crippen molar-refractivity contribution in [1.29, 1.82) is 5.26 Å². The molecule has 1 N–H and O–H groups in total. The number of carbonyl (C=O) groups excluding carboxylic acids is 1. The van der Waals surface area contributed by atoms with Gasteiger partial charge in [0.15, 0.2) is 0 Å². The Morgan fingerprint density at radius 2 is 1.92 bits per heavy atom. The van der Waals surface area contributed by atoms with Crippen molar-refractivity contribution >= 4 is 16.7 Å². The number of nitriles is 1. The molecule has 0 saturated carbocycles. The summed E-state index contributed by atoms with van der Waals surface area (Å²) in [5.74, 6) is -0.323. The maximum absolute atomic E-state index is 12.3. The van der Waals surface area contributed by atoms with E-state index in [0.29, 0.717) is 23.1 Å². The zero-order valence-corrected chi connectivity index (χ0v) is 13.1. The van der Waals surface area contributed by atoms with E-state index >= 15 is 0 Å². The van der Waals surface area contributed by atoms with Crippen molar-refractivity contribution < 1.29 is 14.6 Å². The molecule has 0 aromatic heterocycles. The van der Waals surface area contributed by atoms with Gasteiger partial charge in [0.25, 0.3) is 0 Å². The SMILES string of the molecule is COC(=O)c1c(Cc2cc(C#N)ccc2O)ccc2ccccc12. The van der Waals surface area contributed by atoms with Crippen molar-refractivity contribution in [3.8, 4) is 11.8 Å². The number of methoxy groups -OCH3 is 1. The van der Waals surface area contributed by atoms with Crippen LogP contribution in [0, 0.1) is 11.3 Å². The number of hydrogen-bond donors (Lipinski definition) is 1. The standard InChI is InChI=1S/C20H15NO3/c1-24-20(23)19-15(8-7-14-4-2-3-5-17(14)19)11-16-10-13(12-21)6-9-18(16)22/h2-10,22H,11H2,1H3. The van der Waals surface area contributed by atoms with Gasteiger partial charge in [-0.15, -0.1) is 0 Å². The van der Waals surface area contributed by atoms with E-state index in [1.165, 1.54) is 13.2 Å². The van der Waals surface area contributed by atoms with Crippen LogP contribution in [0.25, 0.3) is 10.8 Å². The lowest BCUT2D eigenvalue weighted by Crippen LogP contribution is -2.07. The number of benzene rings is 3. The number of fused-ring (bicyclic) bond motifs is 1. The van der Waals surface area contributed by atoms with Crippen LogP contribution >= 0.6 is 0 Å². The molecule has 0 atom stereocenters. The first-order valence-electron chi connectivity index (χ1n) is 7.45. The first-order valence-corrected chi connectivity index (χ1v) is 7.45. The summed E-state index contributed by atoms with van der Waals surface area (Å²) in [4.78, 5) is 12.3. The Morgan fingerprint density at radius 3 is 2.67 bits per heavy atom. The molecule has 4 heteroatoms. The van der Waals surface area contributed by atoms with Gasteiger partial charge in [-0.05, 0) is 40.1 Å². The van der Waals surface area contributed by atoms with E-state index in [-0.39, 0.29) is 5.75 Å². The Balaban J connectivity index is 2.16. The number of nitrogens with zero attached hydrogens (tertiary/aromatic N) is 1. The highest BCUT2D eigenvalue weighted by Gasteiger charge is 2.17. The molecule has 0 saturated heterocycles. The third kappa shape index (κ3) is 2.80. The lowest BCUT2D eigenvalue weighted by Gasteiger charge is -2.12. The summed E-state index contributed by atoms with van der Waals surface area (Å²) in [5.41, 5.74) is 2.28. The lowest BCUT2D eigenvalue weighted by atomic mass is 9.93. The fourth-order valence-electron chi connectivity index (χ4n) is 2.81. The normalized spacial score (nSPS) is 10.3. The number of phenols is 1. The summed E-state index contributed by atoms with van der Waals surface area (Å²) < 4.78 is 4.94. The van der Waals surface area contributed by atoms with Gasteiger partial charge in [-0.3, -0.25) is 0 Å². The topological polar surface area (TPSA) is 70.3 Å². The molecule has 0 spiro atoms. The number of rotatable bonds is 3. The first-order chi connectivity index (χ1) is 11.6. The molecule has 0 unspecified atom stereocenters. The zero-order valence-electron chi connectivity index (χ0n) is 13.1. The molecular weight excluding hydrogens is 302 g/mol. The van der Waals surface area contributed by atoms with Crippen LogP contribution in [0.5, 0.6) is 5.75 Å². The van der Waals surface area contributed by atoms with Crippen molar-refractivity contribution in [2.75, 3.05) is 7.11 Å². The summed E-state index contributed by atoms with van der Waals surface area (Å²) in [6.45, 7) is 0. The van der Waals surface area contributed by atoms with Crippen molar-refractivity contribution in [3.63, 3.8) is 0 Å². The number of phenolic OH excluding ortho intramolecular Hbond substituents is 1. The second kappa shape index (κ2) is 6.43. The molecule has 3 rings (SSSR count). The summed E-state index contributed by atoms with van der Waals surface area (Å²) in [7, 11) is 1.35. The van der Waals surface area contributed by atoms with Crippen LogP contribution in [-0.4, -0.2) is 18.2 Å². The van der Waals surface area contributed by atoms with Crippen LogP contribution in [0.1, 0.15) is 27.0 Å². The molecule has 0 fully saturated rings. The largest absolute Gasteiger partial charge is 0.508 e. The van der Waals surface area contributed by atoms with Gasteiger partial charge in [-0.2, -0.15) is 5.26 Å². The Morgan fingerprint density at radius 1 is 1.12 bits per heavy atom. The van der Waals surface area contributed by atoms with E-state index in [2.05, 4.69) is 6.07 Å². The van der Waals surface area contributed by atoms with Crippen LogP contribution in [0.4, 0.5) is 0 Å². The number of aromatic hydroxyl groups is 1. The second-order valence-electron chi connectivity index (χ2n) is 5.44. The molecule has 0 bridgehead atoms. The molecule has 0 amide bonds. The summed E-state index contributed by atoms with van der Waals surface area (Å²) in [6, 6.07) is 18.1. The quantitative estimate of drug-likeness (QED) is 0.746. The van der Waals surface area contributed by atoms with E-state index in [1.54, 1.807) is 12.1 Å². The van der Waals surface area contributed by atoms with E-state index in [4.69, 9.17) is 10.00 Å². The molecule has 0 aliphatic rings. The third-order valence-corrected chi connectivity index (χ3v) is 3.99. The summed E-state index contributed by atoms with van der Waals surface area (Å²) in [6.07, 6.45) is 0.330. The number of ether oxygens (including phenoxy) is 1. The average molecular weight is 317 g/mol. The zero-order chi connectivity index (χ0) is 17.1. The van der Waals surface area contributed by atoms with Gasteiger partial charge in [-0.1, -0.05) is 36.4 Å². The van der Waals surface area contributed by atoms with Crippen LogP contribution < -0.4 is 0 Å². The number of carbonyl (C=O) groups is 1. The highest BCUT2D eigenvalue weighted by Crippen LogP contribution is 2.28. The highest BCUT2D eigenvalue weighted by molar-refractivity contribution is 6.06. The highest BCUT2D eigenvalue weighted by atomic mass is 16.5. The average Bonchev–Trinajstić information content (AvgIpc) is 2.62. The van der Waals surface area contributed by atoms with Crippen molar-refractivity contribution in [2.24, 2.45) is 0 Å². The molecule has 0 aliphatic carbocycles. The molecular formula is C20H15NO3. The smallest absolute Gasteiger partial charge is 0.338 e. The molecule has 0 radical (unpaired) electrons. The fraction of sp³-hybridized carbons (Fsp3) is 0.100. The van der Waals surface area contributed by atoms with Crippen LogP contribution in [0.3, 0.4) is 0 Å². The van der Waals surface area contributed by atoms with E-state index in [0.717, 1.165) is 16.3 Å².